The van der Waals surface area contributed by atoms with Crippen molar-refractivity contribution in [3.63, 3.8) is 0 Å². The zero-order valence-corrected chi connectivity index (χ0v) is 12.7. The Morgan fingerprint density at radius 2 is 2.05 bits per heavy atom. The van der Waals surface area contributed by atoms with E-state index in [-0.39, 0.29) is 6.61 Å². The Balaban J connectivity index is 2.92. The molecule has 0 aliphatic carbocycles. The minimum absolute atomic E-state index is 0.251. The van der Waals surface area contributed by atoms with Crippen LogP contribution in [0, 0.1) is 18.3 Å². The van der Waals surface area contributed by atoms with Crippen LogP contribution in [0.15, 0.2) is 18.3 Å². The van der Waals surface area contributed by atoms with E-state index >= 15 is 0 Å². The molecule has 0 bridgehead atoms. The van der Waals surface area contributed by atoms with Crippen LogP contribution in [-0.4, -0.2) is 23.5 Å². The van der Waals surface area contributed by atoms with Gasteiger partial charge in [-0.3, -0.25) is 9.59 Å². The number of pyridine rings is 1. The van der Waals surface area contributed by atoms with Crippen LogP contribution in [0.2, 0.25) is 0 Å². The highest BCUT2D eigenvalue weighted by atomic mass is 16.5. The lowest BCUT2D eigenvalue weighted by Crippen LogP contribution is -2.40. The van der Waals surface area contributed by atoms with E-state index in [4.69, 9.17) is 4.74 Å². The maximum absolute atomic E-state index is 12.3. The molecule has 1 rings (SSSR count). The van der Waals surface area contributed by atoms with Crippen molar-refractivity contribution >= 4 is 17.7 Å². The van der Waals surface area contributed by atoms with E-state index in [9.17, 15) is 9.59 Å². The molecule has 1 aromatic heterocycles. The summed E-state index contributed by atoms with van der Waals surface area (Å²) < 4.78 is 4.99. The van der Waals surface area contributed by atoms with Crippen molar-refractivity contribution in [1.29, 1.82) is 0 Å². The van der Waals surface area contributed by atoms with Crippen molar-refractivity contribution in [3.8, 4) is 0 Å². The van der Waals surface area contributed by atoms with Gasteiger partial charge >= 0.3 is 5.97 Å². The number of carbonyl (C=O) groups is 2. The number of nitrogens with one attached hydrogen (secondary N) is 1. The maximum Gasteiger partial charge on any atom is 0.319 e. The second-order valence-corrected chi connectivity index (χ2v) is 5.76. The lowest BCUT2D eigenvalue weighted by Gasteiger charge is -2.27. The van der Waals surface area contributed by atoms with Crippen LogP contribution < -0.4 is 5.32 Å². The molecule has 1 atom stereocenters. The van der Waals surface area contributed by atoms with Crippen LogP contribution >= 0.6 is 0 Å². The highest BCUT2D eigenvalue weighted by Crippen LogP contribution is 2.28. The number of nitrogens with zero attached hydrogens (tertiary/aromatic N) is 1. The average molecular weight is 278 g/mol. The summed E-state index contributed by atoms with van der Waals surface area (Å²) in [4.78, 5) is 28.4. The summed E-state index contributed by atoms with van der Waals surface area (Å²) in [6, 6.07) is 3.59. The van der Waals surface area contributed by atoms with E-state index in [0.717, 1.165) is 5.56 Å². The Labute approximate surface area is 119 Å². The number of rotatable bonds is 4. The number of aromatic nitrogens is 1. The Morgan fingerprint density at radius 3 is 2.55 bits per heavy atom. The third kappa shape index (κ3) is 4.33. The molecule has 1 aromatic rings. The van der Waals surface area contributed by atoms with Gasteiger partial charge in [-0.1, -0.05) is 20.8 Å². The first-order valence-corrected chi connectivity index (χ1v) is 6.66. The topological polar surface area (TPSA) is 68.3 Å². The van der Waals surface area contributed by atoms with Crippen molar-refractivity contribution in [3.05, 3.63) is 23.9 Å². The first-order valence-electron chi connectivity index (χ1n) is 6.66. The average Bonchev–Trinajstić information content (AvgIpc) is 2.26. The van der Waals surface area contributed by atoms with Gasteiger partial charge in [-0.25, -0.2) is 4.98 Å². The van der Waals surface area contributed by atoms with E-state index in [1.54, 1.807) is 19.2 Å². The van der Waals surface area contributed by atoms with Gasteiger partial charge in [0.05, 0.1) is 6.61 Å². The number of aryl methyl sites for hydroxylation is 1. The SMILES string of the molecule is CCOC(=O)C(C(=O)Nc1cc(C)ccn1)C(C)(C)C. The first kappa shape index (κ1) is 16.1. The molecular formula is C15H22N2O3. The molecule has 20 heavy (non-hydrogen) atoms. The molecule has 0 aliphatic rings. The van der Waals surface area contributed by atoms with Crippen molar-refractivity contribution in [2.45, 2.75) is 34.6 Å². The highest BCUT2D eigenvalue weighted by Gasteiger charge is 2.39. The Kier molecular flexibility index (Phi) is 5.25. The summed E-state index contributed by atoms with van der Waals surface area (Å²) in [5.41, 5.74) is 0.457. The molecule has 1 unspecified atom stereocenters. The molecule has 1 heterocycles. The summed E-state index contributed by atoms with van der Waals surface area (Å²) in [6.07, 6.45) is 1.61. The Morgan fingerprint density at radius 1 is 1.40 bits per heavy atom. The fourth-order valence-corrected chi connectivity index (χ4v) is 1.88. The molecule has 0 fully saturated rings. The fourth-order valence-electron chi connectivity index (χ4n) is 1.88. The molecule has 0 aromatic carbocycles. The maximum atomic E-state index is 12.3. The predicted molar refractivity (Wildman–Crippen MR) is 77.2 cm³/mol. The Bertz CT molecular complexity index is 492. The Hall–Kier alpha value is -1.91. The standard InChI is InChI=1S/C15H22N2O3/c1-6-20-14(19)12(15(3,4)5)13(18)17-11-9-10(2)7-8-16-11/h7-9,12H,6H2,1-5H3,(H,16,17,18). The number of hydrogen-bond acceptors (Lipinski definition) is 4. The molecule has 5 heteroatoms. The van der Waals surface area contributed by atoms with E-state index in [0.29, 0.717) is 5.82 Å². The molecule has 1 amide bonds. The summed E-state index contributed by atoms with van der Waals surface area (Å²) in [5.74, 6) is -1.34. The quantitative estimate of drug-likeness (QED) is 0.679. The molecule has 0 aliphatic heterocycles. The van der Waals surface area contributed by atoms with Crippen molar-refractivity contribution in [2.24, 2.45) is 11.3 Å². The van der Waals surface area contributed by atoms with E-state index in [1.807, 2.05) is 33.8 Å². The minimum atomic E-state index is -0.871. The molecular weight excluding hydrogens is 256 g/mol. The van der Waals surface area contributed by atoms with Gasteiger partial charge in [-0.15, -0.1) is 0 Å². The van der Waals surface area contributed by atoms with Crippen molar-refractivity contribution in [2.75, 3.05) is 11.9 Å². The van der Waals surface area contributed by atoms with E-state index < -0.39 is 23.2 Å². The van der Waals surface area contributed by atoms with Gasteiger partial charge in [-0.2, -0.15) is 0 Å². The number of ether oxygens (including phenoxy) is 1. The van der Waals surface area contributed by atoms with Gasteiger partial charge in [0.15, 0.2) is 0 Å². The molecule has 0 spiro atoms. The minimum Gasteiger partial charge on any atom is -0.465 e. The first-order chi connectivity index (χ1) is 9.25. The molecule has 110 valence electrons. The molecule has 0 saturated carbocycles. The highest BCUT2D eigenvalue weighted by molar-refractivity contribution is 6.05. The molecule has 0 saturated heterocycles. The number of anilines is 1. The zero-order chi connectivity index (χ0) is 15.3. The summed E-state index contributed by atoms with van der Waals surface area (Å²) in [6.45, 7) is 9.37. The van der Waals surface area contributed by atoms with Crippen LogP contribution in [0.3, 0.4) is 0 Å². The van der Waals surface area contributed by atoms with E-state index in [2.05, 4.69) is 10.3 Å². The monoisotopic (exact) mass is 278 g/mol. The lowest BCUT2D eigenvalue weighted by atomic mass is 9.80. The van der Waals surface area contributed by atoms with Gasteiger partial charge in [-0.05, 0) is 37.0 Å². The second kappa shape index (κ2) is 6.50. The van der Waals surface area contributed by atoms with Gasteiger partial charge < -0.3 is 10.1 Å². The van der Waals surface area contributed by atoms with Gasteiger partial charge in [0.1, 0.15) is 11.7 Å². The summed E-state index contributed by atoms with van der Waals surface area (Å²) in [5, 5.41) is 2.68. The summed E-state index contributed by atoms with van der Waals surface area (Å²) in [7, 11) is 0. The molecule has 1 N–H and O–H groups in total. The number of carbonyl (C=O) groups excluding carboxylic acids is 2. The molecule has 0 radical (unpaired) electrons. The van der Waals surface area contributed by atoms with E-state index in [1.165, 1.54) is 0 Å². The van der Waals surface area contributed by atoms with Crippen LogP contribution in [-0.2, 0) is 14.3 Å². The normalized spacial score (nSPS) is 12.7. The fraction of sp³-hybridized carbons (Fsp3) is 0.533. The largest absolute Gasteiger partial charge is 0.465 e. The smallest absolute Gasteiger partial charge is 0.319 e. The third-order valence-corrected chi connectivity index (χ3v) is 2.82. The van der Waals surface area contributed by atoms with Gasteiger partial charge in [0.25, 0.3) is 0 Å². The van der Waals surface area contributed by atoms with Crippen LogP contribution in [0.4, 0.5) is 5.82 Å². The van der Waals surface area contributed by atoms with Crippen LogP contribution in [0.25, 0.3) is 0 Å². The second-order valence-electron chi connectivity index (χ2n) is 5.76. The number of esters is 1. The third-order valence-electron chi connectivity index (χ3n) is 2.82. The van der Waals surface area contributed by atoms with Crippen molar-refractivity contribution < 1.29 is 14.3 Å². The number of amides is 1. The number of hydrogen-bond donors (Lipinski definition) is 1. The lowest BCUT2D eigenvalue weighted by molar-refractivity contribution is -0.155. The molecule has 5 nitrogen and oxygen atoms in total. The van der Waals surface area contributed by atoms with Gasteiger partial charge in [0, 0.05) is 6.20 Å². The zero-order valence-electron chi connectivity index (χ0n) is 12.7. The van der Waals surface area contributed by atoms with Crippen molar-refractivity contribution in [1.82, 2.24) is 4.98 Å². The van der Waals surface area contributed by atoms with Crippen LogP contribution in [0.5, 0.6) is 0 Å². The van der Waals surface area contributed by atoms with Crippen LogP contribution in [0.1, 0.15) is 33.3 Å². The van der Waals surface area contributed by atoms with Gasteiger partial charge in [0.2, 0.25) is 5.91 Å². The predicted octanol–water partition coefficient (Wildman–Crippen LogP) is 2.55. The summed E-state index contributed by atoms with van der Waals surface area (Å²) >= 11 is 0.